The standard InChI is InChI=1S/C20H20INO4/c1-2-25-19(20(23)24)11-13-4-3-5-15(10-13)17-12-18(26-22-17)14-6-8-16(21)9-7-14/h3-10,18-19H,2,11-12H2,1H3,(H,23,24)/t18?,19-/m1/s1. The van der Waals surface area contributed by atoms with Crippen LogP contribution in [-0.4, -0.2) is 29.5 Å². The number of carboxylic acids is 1. The van der Waals surface area contributed by atoms with E-state index in [0.717, 1.165) is 22.4 Å². The first-order valence-corrected chi connectivity index (χ1v) is 9.56. The fourth-order valence-electron chi connectivity index (χ4n) is 2.91. The Bertz CT molecular complexity index is 804. The number of benzene rings is 2. The molecule has 0 bridgehead atoms. The Balaban J connectivity index is 1.70. The predicted molar refractivity (Wildman–Crippen MR) is 107 cm³/mol. The lowest BCUT2D eigenvalue weighted by molar-refractivity contribution is -0.149. The van der Waals surface area contributed by atoms with Crippen LogP contribution in [-0.2, 0) is 20.8 Å². The van der Waals surface area contributed by atoms with Crippen molar-refractivity contribution >= 4 is 34.3 Å². The first-order chi connectivity index (χ1) is 12.6. The summed E-state index contributed by atoms with van der Waals surface area (Å²) in [6.07, 6.45) is 0.0984. The SMILES string of the molecule is CCO[C@H](Cc1cccc(C2=NOC(c3ccc(I)cc3)C2)c1)C(=O)O. The summed E-state index contributed by atoms with van der Waals surface area (Å²) in [6.45, 7) is 2.16. The summed E-state index contributed by atoms with van der Waals surface area (Å²) in [5.74, 6) is -0.947. The van der Waals surface area contributed by atoms with Crippen molar-refractivity contribution < 1.29 is 19.5 Å². The van der Waals surface area contributed by atoms with Gasteiger partial charge in [-0.25, -0.2) is 4.79 Å². The number of carboxylic acid groups (broad SMARTS) is 1. The molecule has 0 saturated heterocycles. The van der Waals surface area contributed by atoms with Crippen LogP contribution >= 0.6 is 22.6 Å². The molecule has 1 aliphatic rings. The number of aliphatic carboxylic acids is 1. The van der Waals surface area contributed by atoms with E-state index in [4.69, 9.17) is 9.57 Å². The molecule has 26 heavy (non-hydrogen) atoms. The summed E-state index contributed by atoms with van der Waals surface area (Å²) in [5, 5.41) is 13.5. The Morgan fingerprint density at radius 1 is 1.35 bits per heavy atom. The highest BCUT2D eigenvalue weighted by atomic mass is 127. The normalized spacial score (nSPS) is 17.5. The van der Waals surface area contributed by atoms with Gasteiger partial charge in [0.25, 0.3) is 0 Å². The Morgan fingerprint density at radius 2 is 2.12 bits per heavy atom. The lowest BCUT2D eigenvalue weighted by Crippen LogP contribution is -2.26. The third-order valence-electron chi connectivity index (χ3n) is 4.24. The first-order valence-electron chi connectivity index (χ1n) is 8.48. The summed E-state index contributed by atoms with van der Waals surface area (Å²) < 4.78 is 6.48. The van der Waals surface area contributed by atoms with Crippen LogP contribution < -0.4 is 0 Å². The fraction of sp³-hybridized carbons (Fsp3) is 0.300. The number of hydrogen-bond acceptors (Lipinski definition) is 4. The Morgan fingerprint density at radius 3 is 2.81 bits per heavy atom. The maximum atomic E-state index is 11.3. The molecular formula is C20H20INO4. The van der Waals surface area contributed by atoms with E-state index < -0.39 is 12.1 Å². The first kappa shape index (κ1) is 18.8. The third kappa shape index (κ3) is 4.62. The topological polar surface area (TPSA) is 68.1 Å². The van der Waals surface area contributed by atoms with E-state index >= 15 is 0 Å². The van der Waals surface area contributed by atoms with E-state index in [1.807, 2.05) is 24.3 Å². The van der Waals surface area contributed by atoms with E-state index in [2.05, 4.69) is 52.0 Å². The Labute approximate surface area is 166 Å². The lowest BCUT2D eigenvalue weighted by atomic mass is 9.97. The van der Waals surface area contributed by atoms with Gasteiger partial charge in [-0.15, -0.1) is 0 Å². The van der Waals surface area contributed by atoms with E-state index in [1.165, 1.54) is 3.57 Å². The Kier molecular flexibility index (Phi) is 6.26. The van der Waals surface area contributed by atoms with Crippen LogP contribution in [0.15, 0.2) is 53.7 Å². The van der Waals surface area contributed by atoms with Crippen molar-refractivity contribution in [2.75, 3.05) is 6.61 Å². The molecule has 5 nitrogen and oxygen atoms in total. The summed E-state index contributed by atoms with van der Waals surface area (Å²) in [5.41, 5.74) is 3.83. The van der Waals surface area contributed by atoms with Crippen LogP contribution in [0.5, 0.6) is 0 Å². The summed E-state index contributed by atoms with van der Waals surface area (Å²) in [7, 11) is 0. The highest BCUT2D eigenvalue weighted by molar-refractivity contribution is 14.1. The second-order valence-electron chi connectivity index (χ2n) is 6.07. The van der Waals surface area contributed by atoms with Crippen LogP contribution in [0.3, 0.4) is 0 Å². The number of carbonyl (C=O) groups is 1. The Hall–Kier alpha value is -1.93. The van der Waals surface area contributed by atoms with Crippen LogP contribution in [0, 0.1) is 3.57 Å². The molecule has 2 aromatic rings. The van der Waals surface area contributed by atoms with Crippen LogP contribution in [0.2, 0.25) is 0 Å². The van der Waals surface area contributed by atoms with Gasteiger partial charge in [0, 0.05) is 23.0 Å². The van der Waals surface area contributed by atoms with Gasteiger partial charge in [-0.1, -0.05) is 35.5 Å². The predicted octanol–water partition coefficient (Wildman–Crippen LogP) is 4.19. The zero-order valence-corrected chi connectivity index (χ0v) is 16.5. The molecule has 6 heteroatoms. The van der Waals surface area contributed by atoms with Crippen LogP contribution in [0.4, 0.5) is 0 Å². The van der Waals surface area contributed by atoms with Crippen molar-refractivity contribution in [2.45, 2.75) is 32.0 Å². The minimum absolute atomic E-state index is 0.0825. The molecule has 3 rings (SSSR count). The van der Waals surface area contributed by atoms with Crippen molar-refractivity contribution in [1.29, 1.82) is 0 Å². The number of oxime groups is 1. The zero-order valence-electron chi connectivity index (χ0n) is 14.4. The minimum atomic E-state index is -0.947. The summed E-state index contributed by atoms with van der Waals surface area (Å²) in [6, 6.07) is 16.0. The van der Waals surface area contributed by atoms with Crippen LogP contribution in [0.1, 0.15) is 36.1 Å². The molecule has 0 amide bonds. The van der Waals surface area contributed by atoms with Gasteiger partial charge in [-0.3, -0.25) is 0 Å². The largest absolute Gasteiger partial charge is 0.479 e. The van der Waals surface area contributed by atoms with Gasteiger partial charge in [-0.2, -0.15) is 0 Å². The molecule has 1 N–H and O–H groups in total. The molecule has 1 unspecified atom stereocenters. The van der Waals surface area contributed by atoms with E-state index in [-0.39, 0.29) is 6.10 Å². The summed E-state index contributed by atoms with van der Waals surface area (Å²) in [4.78, 5) is 16.9. The zero-order chi connectivity index (χ0) is 18.5. The van der Waals surface area contributed by atoms with Gasteiger partial charge in [0.2, 0.25) is 0 Å². The van der Waals surface area contributed by atoms with Crippen molar-refractivity contribution in [3.05, 3.63) is 68.8 Å². The average molecular weight is 465 g/mol. The molecule has 0 spiro atoms. The second kappa shape index (κ2) is 8.64. The van der Waals surface area contributed by atoms with Crippen molar-refractivity contribution in [2.24, 2.45) is 5.16 Å². The molecule has 0 fully saturated rings. The van der Waals surface area contributed by atoms with Gasteiger partial charge in [0.05, 0.1) is 5.71 Å². The quantitative estimate of drug-likeness (QED) is 0.623. The number of hydrogen-bond donors (Lipinski definition) is 1. The molecular weight excluding hydrogens is 445 g/mol. The number of halogens is 1. The maximum Gasteiger partial charge on any atom is 0.333 e. The van der Waals surface area contributed by atoms with Gasteiger partial charge in [-0.05, 0) is 64.4 Å². The number of ether oxygens (including phenoxy) is 1. The lowest BCUT2D eigenvalue weighted by Gasteiger charge is -2.13. The highest BCUT2D eigenvalue weighted by Crippen LogP contribution is 2.30. The van der Waals surface area contributed by atoms with Gasteiger partial charge in [0.1, 0.15) is 0 Å². The van der Waals surface area contributed by atoms with Gasteiger partial charge >= 0.3 is 5.97 Å². The maximum absolute atomic E-state index is 11.3. The van der Waals surface area contributed by atoms with Crippen molar-refractivity contribution in [3.8, 4) is 0 Å². The minimum Gasteiger partial charge on any atom is -0.479 e. The number of nitrogens with zero attached hydrogens (tertiary/aromatic N) is 1. The van der Waals surface area contributed by atoms with Crippen molar-refractivity contribution in [3.63, 3.8) is 0 Å². The molecule has 0 aromatic heterocycles. The molecule has 0 saturated carbocycles. The highest BCUT2D eigenvalue weighted by Gasteiger charge is 2.24. The molecule has 0 aliphatic carbocycles. The van der Waals surface area contributed by atoms with E-state index in [1.54, 1.807) is 6.92 Å². The monoisotopic (exact) mass is 465 g/mol. The van der Waals surface area contributed by atoms with Gasteiger partial charge in [0.15, 0.2) is 12.2 Å². The molecule has 2 aromatic carbocycles. The molecule has 1 heterocycles. The van der Waals surface area contributed by atoms with Gasteiger partial charge < -0.3 is 14.7 Å². The van der Waals surface area contributed by atoms with Crippen molar-refractivity contribution in [1.82, 2.24) is 0 Å². The summed E-state index contributed by atoms with van der Waals surface area (Å²) >= 11 is 2.27. The van der Waals surface area contributed by atoms with E-state index in [9.17, 15) is 9.90 Å². The van der Waals surface area contributed by atoms with E-state index in [0.29, 0.717) is 19.4 Å². The average Bonchev–Trinajstić information content (AvgIpc) is 3.12. The molecule has 1 aliphatic heterocycles. The molecule has 0 radical (unpaired) electrons. The second-order valence-corrected chi connectivity index (χ2v) is 7.32. The molecule has 2 atom stereocenters. The van der Waals surface area contributed by atoms with Crippen LogP contribution in [0.25, 0.3) is 0 Å². The molecule has 136 valence electrons. The smallest absolute Gasteiger partial charge is 0.333 e. The fourth-order valence-corrected chi connectivity index (χ4v) is 3.27. The third-order valence-corrected chi connectivity index (χ3v) is 4.95. The number of rotatable bonds is 7.